The molecule has 1 aromatic heterocycles. The lowest BCUT2D eigenvalue weighted by atomic mass is 9.96. The van der Waals surface area contributed by atoms with Gasteiger partial charge in [0.25, 0.3) is 0 Å². The van der Waals surface area contributed by atoms with Gasteiger partial charge in [0.15, 0.2) is 5.82 Å². The molecule has 0 spiro atoms. The van der Waals surface area contributed by atoms with E-state index in [9.17, 15) is 9.59 Å². The summed E-state index contributed by atoms with van der Waals surface area (Å²) >= 11 is 0. The summed E-state index contributed by atoms with van der Waals surface area (Å²) in [6.45, 7) is 2.69. The van der Waals surface area contributed by atoms with Crippen LogP contribution in [0.25, 0.3) is 11.4 Å². The molecule has 0 radical (unpaired) electrons. The predicted molar refractivity (Wildman–Crippen MR) is 119 cm³/mol. The molecular formula is C24H28N4O3. The van der Waals surface area contributed by atoms with Crippen molar-refractivity contribution in [3.05, 3.63) is 70.6 Å². The number of aromatic nitrogens is 3. The zero-order valence-corrected chi connectivity index (χ0v) is 18.0. The molecule has 162 valence electrons. The minimum Gasteiger partial charge on any atom is -0.497 e. The summed E-state index contributed by atoms with van der Waals surface area (Å²) < 4.78 is 8.47. The van der Waals surface area contributed by atoms with Crippen molar-refractivity contribution in [2.45, 2.75) is 44.7 Å². The highest BCUT2D eigenvalue weighted by Gasteiger charge is 2.30. The van der Waals surface area contributed by atoms with E-state index in [1.165, 1.54) is 4.68 Å². The largest absolute Gasteiger partial charge is 0.497 e. The van der Waals surface area contributed by atoms with Crippen LogP contribution in [-0.2, 0) is 11.3 Å². The number of benzene rings is 2. The lowest BCUT2D eigenvalue weighted by Crippen LogP contribution is -2.34. The third kappa shape index (κ3) is 4.55. The fourth-order valence-electron chi connectivity index (χ4n) is 3.83. The fourth-order valence-corrected chi connectivity index (χ4v) is 3.83. The van der Waals surface area contributed by atoms with E-state index in [0.29, 0.717) is 25.3 Å². The molecular weight excluding hydrogens is 392 g/mol. The first-order chi connectivity index (χ1) is 15.1. The van der Waals surface area contributed by atoms with E-state index < -0.39 is 0 Å². The molecule has 31 heavy (non-hydrogen) atoms. The second-order valence-electron chi connectivity index (χ2n) is 7.82. The topological polar surface area (TPSA) is 78.2 Å². The Morgan fingerprint density at radius 1 is 1.16 bits per heavy atom. The molecule has 1 aliphatic rings. The van der Waals surface area contributed by atoms with Crippen LogP contribution in [0.3, 0.4) is 0 Å². The number of hydrogen-bond donors (Lipinski definition) is 1. The summed E-state index contributed by atoms with van der Waals surface area (Å²) in [6, 6.07) is 17.5. The Morgan fingerprint density at radius 3 is 2.48 bits per heavy atom. The Kier molecular flexibility index (Phi) is 6.21. The Balaban J connectivity index is 1.47. The van der Waals surface area contributed by atoms with Crippen molar-refractivity contribution in [1.82, 2.24) is 19.7 Å². The van der Waals surface area contributed by atoms with Gasteiger partial charge in [-0.2, -0.15) is 0 Å². The molecule has 0 saturated heterocycles. The van der Waals surface area contributed by atoms with Gasteiger partial charge in [0.1, 0.15) is 5.75 Å². The van der Waals surface area contributed by atoms with Gasteiger partial charge in [-0.15, -0.1) is 5.10 Å². The number of hydrogen-bond acceptors (Lipinski definition) is 4. The van der Waals surface area contributed by atoms with Crippen LogP contribution >= 0.6 is 0 Å². The van der Waals surface area contributed by atoms with Crippen LogP contribution in [0, 0.1) is 0 Å². The highest BCUT2D eigenvalue weighted by Crippen LogP contribution is 2.36. The van der Waals surface area contributed by atoms with Crippen LogP contribution in [0.15, 0.2) is 59.4 Å². The minimum absolute atomic E-state index is 0.0289. The zero-order valence-electron chi connectivity index (χ0n) is 18.0. The molecule has 4 rings (SSSR count). The van der Waals surface area contributed by atoms with Gasteiger partial charge in [0, 0.05) is 18.2 Å². The molecule has 2 aromatic carbocycles. The van der Waals surface area contributed by atoms with Crippen molar-refractivity contribution in [2.24, 2.45) is 0 Å². The van der Waals surface area contributed by atoms with E-state index in [0.717, 1.165) is 29.7 Å². The Morgan fingerprint density at radius 2 is 1.87 bits per heavy atom. The Hall–Kier alpha value is -3.35. The molecule has 1 heterocycles. The number of carbonyl (C=O) groups excluding carboxylic acids is 1. The number of carbonyl (C=O) groups is 1. The zero-order chi connectivity index (χ0) is 21.8. The summed E-state index contributed by atoms with van der Waals surface area (Å²) in [7, 11) is 1.62. The number of rotatable bonds is 9. The molecule has 7 heteroatoms. The van der Waals surface area contributed by atoms with Gasteiger partial charge in [-0.3, -0.25) is 9.36 Å². The fraction of sp³-hybridized carbons (Fsp3) is 0.375. The predicted octanol–water partition coefficient (Wildman–Crippen LogP) is 3.37. The van der Waals surface area contributed by atoms with E-state index in [1.54, 1.807) is 11.7 Å². The average molecular weight is 421 g/mol. The normalized spacial score (nSPS) is 14.3. The van der Waals surface area contributed by atoms with Gasteiger partial charge in [-0.25, -0.2) is 9.48 Å². The standard InChI is InChI=1S/C24H28N4O3/c1-3-21(17-7-5-4-6-8-17)23(29)25-15-16-27-24(30)28(19-11-12-19)22(26-27)18-9-13-20(31-2)14-10-18/h4-10,13-14,19,21H,3,11-12,15-16H2,1-2H3,(H,25,29). The van der Waals surface area contributed by atoms with Crippen molar-refractivity contribution in [1.29, 1.82) is 0 Å². The molecule has 1 saturated carbocycles. The molecule has 0 bridgehead atoms. The van der Waals surface area contributed by atoms with Crippen molar-refractivity contribution < 1.29 is 9.53 Å². The van der Waals surface area contributed by atoms with Crippen LogP contribution in [0.1, 0.15) is 43.7 Å². The highest BCUT2D eigenvalue weighted by molar-refractivity contribution is 5.83. The Labute approximate surface area is 181 Å². The van der Waals surface area contributed by atoms with Gasteiger partial charge in [-0.1, -0.05) is 37.3 Å². The molecule has 0 aliphatic heterocycles. The van der Waals surface area contributed by atoms with Crippen LogP contribution in [0.5, 0.6) is 5.75 Å². The van der Waals surface area contributed by atoms with Crippen LogP contribution in [0.2, 0.25) is 0 Å². The van der Waals surface area contributed by atoms with Gasteiger partial charge in [0.05, 0.1) is 19.6 Å². The summed E-state index contributed by atoms with van der Waals surface area (Å²) in [6.07, 6.45) is 2.69. The maximum Gasteiger partial charge on any atom is 0.346 e. The maximum absolute atomic E-state index is 13.0. The number of methoxy groups -OCH3 is 1. The van der Waals surface area contributed by atoms with E-state index in [1.807, 2.05) is 61.5 Å². The molecule has 1 amide bonds. The molecule has 1 unspecified atom stereocenters. The molecule has 1 N–H and O–H groups in total. The SMILES string of the molecule is CCC(C(=O)NCCn1nc(-c2ccc(OC)cc2)n(C2CC2)c1=O)c1ccccc1. The van der Waals surface area contributed by atoms with Crippen molar-refractivity contribution in [2.75, 3.05) is 13.7 Å². The lowest BCUT2D eigenvalue weighted by molar-refractivity contribution is -0.122. The van der Waals surface area contributed by atoms with Crippen LogP contribution < -0.4 is 15.7 Å². The molecule has 1 fully saturated rings. The molecule has 1 atom stereocenters. The first-order valence-corrected chi connectivity index (χ1v) is 10.8. The van der Waals surface area contributed by atoms with Gasteiger partial charge in [-0.05, 0) is 49.1 Å². The minimum atomic E-state index is -0.197. The number of ether oxygens (including phenoxy) is 1. The van der Waals surface area contributed by atoms with E-state index >= 15 is 0 Å². The smallest absolute Gasteiger partial charge is 0.346 e. The number of nitrogens with one attached hydrogen (secondary N) is 1. The summed E-state index contributed by atoms with van der Waals surface area (Å²) in [5, 5.41) is 7.56. The second-order valence-corrected chi connectivity index (χ2v) is 7.82. The number of amides is 1. The third-order valence-corrected chi connectivity index (χ3v) is 5.68. The molecule has 3 aromatic rings. The summed E-state index contributed by atoms with van der Waals surface area (Å²) in [5.74, 6) is 1.20. The van der Waals surface area contributed by atoms with Crippen molar-refractivity contribution in [3.63, 3.8) is 0 Å². The van der Waals surface area contributed by atoms with Gasteiger partial charge in [0.2, 0.25) is 5.91 Å². The molecule has 7 nitrogen and oxygen atoms in total. The third-order valence-electron chi connectivity index (χ3n) is 5.68. The van der Waals surface area contributed by atoms with E-state index in [4.69, 9.17) is 4.74 Å². The first kappa shape index (κ1) is 20.9. The van der Waals surface area contributed by atoms with Crippen molar-refractivity contribution >= 4 is 5.91 Å². The second kappa shape index (κ2) is 9.20. The molecule has 1 aliphatic carbocycles. The Bertz CT molecular complexity index is 1080. The van der Waals surface area contributed by atoms with Crippen LogP contribution in [0.4, 0.5) is 0 Å². The quantitative estimate of drug-likeness (QED) is 0.576. The number of nitrogens with zero attached hydrogens (tertiary/aromatic N) is 3. The highest BCUT2D eigenvalue weighted by atomic mass is 16.5. The van der Waals surface area contributed by atoms with Gasteiger partial charge < -0.3 is 10.1 Å². The van der Waals surface area contributed by atoms with Crippen LogP contribution in [-0.4, -0.2) is 33.9 Å². The lowest BCUT2D eigenvalue weighted by Gasteiger charge is -2.15. The summed E-state index contributed by atoms with van der Waals surface area (Å²) in [5.41, 5.74) is 1.75. The van der Waals surface area contributed by atoms with E-state index in [2.05, 4.69) is 10.4 Å². The van der Waals surface area contributed by atoms with E-state index in [-0.39, 0.29) is 23.6 Å². The monoisotopic (exact) mass is 420 g/mol. The van der Waals surface area contributed by atoms with Gasteiger partial charge >= 0.3 is 5.69 Å². The maximum atomic E-state index is 13.0. The summed E-state index contributed by atoms with van der Waals surface area (Å²) in [4.78, 5) is 25.7. The first-order valence-electron chi connectivity index (χ1n) is 10.8. The average Bonchev–Trinajstić information content (AvgIpc) is 3.59. The van der Waals surface area contributed by atoms with Crippen molar-refractivity contribution in [3.8, 4) is 17.1 Å².